The lowest BCUT2D eigenvalue weighted by atomic mass is 9.98. The Balaban J connectivity index is 1.41. The highest BCUT2D eigenvalue weighted by Gasteiger charge is 2.34. The monoisotopic (exact) mass is 604 g/mol. The number of aliphatic hydroxyl groups is 2. The number of hydrogen-bond donors (Lipinski definition) is 4. The SMILES string of the molecule is C[C@H]([C@@H](O)c1ccccc1)N(C)C[C@H]1C[C@@H](c2ccc(CO)cc2)O[C@@H](c2ccc(CNC(=O)CCCCC(=O)O)cc2)O1. The number of nitrogens with one attached hydrogen (secondary N) is 1. The van der Waals surface area contributed by atoms with Crippen molar-refractivity contribution in [2.24, 2.45) is 0 Å². The van der Waals surface area contributed by atoms with Crippen molar-refractivity contribution >= 4 is 11.9 Å². The van der Waals surface area contributed by atoms with E-state index in [9.17, 15) is 19.8 Å². The number of rotatable bonds is 15. The van der Waals surface area contributed by atoms with Crippen molar-refractivity contribution < 1.29 is 34.4 Å². The maximum atomic E-state index is 12.1. The molecule has 3 aromatic rings. The molecule has 0 bridgehead atoms. The average molecular weight is 605 g/mol. The minimum Gasteiger partial charge on any atom is -0.481 e. The van der Waals surface area contributed by atoms with Gasteiger partial charge < -0.3 is 30.1 Å². The number of amides is 1. The first kappa shape index (κ1) is 33.3. The van der Waals surface area contributed by atoms with E-state index in [1.54, 1.807) is 0 Å². The third-order valence-corrected chi connectivity index (χ3v) is 8.19. The summed E-state index contributed by atoms with van der Waals surface area (Å²) < 4.78 is 13.0. The lowest BCUT2D eigenvalue weighted by molar-refractivity contribution is -0.253. The van der Waals surface area contributed by atoms with Gasteiger partial charge in [-0.1, -0.05) is 78.9 Å². The molecule has 4 rings (SSSR count). The summed E-state index contributed by atoms with van der Waals surface area (Å²) in [5.74, 6) is -0.954. The highest BCUT2D eigenvalue weighted by molar-refractivity contribution is 5.75. The van der Waals surface area contributed by atoms with Crippen LogP contribution in [0.1, 0.15) is 85.3 Å². The largest absolute Gasteiger partial charge is 0.481 e. The fraction of sp³-hybridized carbons (Fsp3) is 0.429. The number of ether oxygens (including phenoxy) is 2. The summed E-state index contributed by atoms with van der Waals surface area (Å²) >= 11 is 0. The Morgan fingerprint density at radius 3 is 2.20 bits per heavy atom. The molecule has 0 radical (unpaired) electrons. The fourth-order valence-corrected chi connectivity index (χ4v) is 5.33. The Labute approximate surface area is 259 Å². The van der Waals surface area contributed by atoms with Crippen LogP contribution in [0.2, 0.25) is 0 Å². The molecule has 1 saturated heterocycles. The van der Waals surface area contributed by atoms with Crippen LogP contribution < -0.4 is 5.32 Å². The van der Waals surface area contributed by atoms with Gasteiger partial charge in [0.15, 0.2) is 6.29 Å². The van der Waals surface area contributed by atoms with Crippen LogP contribution in [0, 0.1) is 0 Å². The lowest BCUT2D eigenvalue weighted by Crippen LogP contribution is -2.43. The van der Waals surface area contributed by atoms with Gasteiger partial charge in [-0.25, -0.2) is 0 Å². The number of likely N-dealkylation sites (N-methyl/N-ethyl adjacent to an activating group) is 1. The Kier molecular flexibility index (Phi) is 12.5. The Morgan fingerprint density at radius 1 is 0.909 bits per heavy atom. The molecule has 9 heteroatoms. The molecule has 0 aromatic heterocycles. The molecule has 1 aliphatic heterocycles. The molecule has 4 N–H and O–H groups in total. The van der Waals surface area contributed by atoms with E-state index in [2.05, 4.69) is 10.2 Å². The number of carbonyl (C=O) groups is 2. The molecule has 0 saturated carbocycles. The fourth-order valence-electron chi connectivity index (χ4n) is 5.33. The molecular weight excluding hydrogens is 560 g/mol. The second kappa shape index (κ2) is 16.5. The van der Waals surface area contributed by atoms with Crippen LogP contribution in [0.4, 0.5) is 0 Å². The van der Waals surface area contributed by atoms with Crippen molar-refractivity contribution in [2.45, 2.75) is 82.8 Å². The van der Waals surface area contributed by atoms with E-state index in [1.807, 2.05) is 92.8 Å². The molecule has 3 aromatic carbocycles. The number of carbonyl (C=O) groups excluding carboxylic acids is 1. The van der Waals surface area contributed by atoms with Gasteiger partial charge in [-0.15, -0.1) is 0 Å². The number of aliphatic carboxylic acids is 1. The van der Waals surface area contributed by atoms with Crippen molar-refractivity contribution in [1.82, 2.24) is 10.2 Å². The van der Waals surface area contributed by atoms with E-state index in [0.29, 0.717) is 38.8 Å². The van der Waals surface area contributed by atoms with Gasteiger partial charge in [-0.3, -0.25) is 14.5 Å². The molecular formula is C35H44N2O7. The first-order chi connectivity index (χ1) is 21.2. The number of carboxylic acid groups (broad SMARTS) is 1. The van der Waals surface area contributed by atoms with Crippen LogP contribution >= 0.6 is 0 Å². The summed E-state index contributed by atoms with van der Waals surface area (Å²) in [5.41, 5.74) is 4.49. The normalized spacial score (nSPS) is 19.8. The van der Waals surface area contributed by atoms with Gasteiger partial charge in [0.25, 0.3) is 0 Å². The Hall–Kier alpha value is -3.60. The third-order valence-electron chi connectivity index (χ3n) is 8.19. The molecule has 0 unspecified atom stereocenters. The van der Waals surface area contributed by atoms with Crippen molar-refractivity contribution in [1.29, 1.82) is 0 Å². The van der Waals surface area contributed by atoms with Gasteiger partial charge in [0.1, 0.15) is 0 Å². The number of hydrogen-bond acceptors (Lipinski definition) is 7. The molecule has 0 aliphatic carbocycles. The molecule has 1 aliphatic rings. The molecule has 1 heterocycles. The molecule has 9 nitrogen and oxygen atoms in total. The smallest absolute Gasteiger partial charge is 0.303 e. The van der Waals surface area contributed by atoms with E-state index in [-0.39, 0.29) is 37.2 Å². The van der Waals surface area contributed by atoms with Crippen LogP contribution in [0.25, 0.3) is 0 Å². The van der Waals surface area contributed by atoms with Gasteiger partial charge >= 0.3 is 5.97 Å². The maximum Gasteiger partial charge on any atom is 0.303 e. The van der Waals surface area contributed by atoms with Crippen molar-refractivity contribution in [3.05, 3.63) is 107 Å². The predicted octanol–water partition coefficient (Wildman–Crippen LogP) is 5.04. The lowest BCUT2D eigenvalue weighted by Gasteiger charge is -2.39. The summed E-state index contributed by atoms with van der Waals surface area (Å²) in [5, 5.41) is 32.1. The third kappa shape index (κ3) is 9.70. The zero-order valence-corrected chi connectivity index (χ0v) is 25.5. The quantitative estimate of drug-likeness (QED) is 0.178. The molecule has 5 atom stereocenters. The summed E-state index contributed by atoms with van der Waals surface area (Å²) in [6.45, 7) is 2.95. The van der Waals surface area contributed by atoms with Crippen molar-refractivity contribution in [3.63, 3.8) is 0 Å². The van der Waals surface area contributed by atoms with Gasteiger partial charge in [0.2, 0.25) is 5.91 Å². The maximum absolute atomic E-state index is 12.1. The Morgan fingerprint density at radius 2 is 1.55 bits per heavy atom. The van der Waals surface area contributed by atoms with Crippen LogP contribution in [-0.2, 0) is 32.2 Å². The zero-order valence-electron chi connectivity index (χ0n) is 25.5. The number of nitrogens with zero attached hydrogens (tertiary/aromatic N) is 1. The van der Waals surface area contributed by atoms with Crippen molar-refractivity contribution in [3.8, 4) is 0 Å². The van der Waals surface area contributed by atoms with Gasteiger partial charge in [-0.2, -0.15) is 0 Å². The van der Waals surface area contributed by atoms with Crippen LogP contribution in [0.3, 0.4) is 0 Å². The molecule has 1 amide bonds. The van der Waals surface area contributed by atoms with Crippen LogP contribution in [0.15, 0.2) is 78.9 Å². The van der Waals surface area contributed by atoms with E-state index < -0.39 is 18.4 Å². The minimum absolute atomic E-state index is 0.0237. The predicted molar refractivity (Wildman–Crippen MR) is 166 cm³/mol. The number of benzene rings is 3. The van der Waals surface area contributed by atoms with Gasteiger partial charge in [-0.05, 0) is 49.1 Å². The summed E-state index contributed by atoms with van der Waals surface area (Å²) in [4.78, 5) is 24.9. The number of unbranched alkanes of at least 4 members (excludes halogenated alkanes) is 1. The molecule has 236 valence electrons. The minimum atomic E-state index is -0.850. The summed E-state index contributed by atoms with van der Waals surface area (Å²) in [6, 6.07) is 25.0. The van der Waals surface area contributed by atoms with Crippen LogP contribution in [-0.4, -0.2) is 57.8 Å². The second-order valence-corrected chi connectivity index (χ2v) is 11.5. The summed E-state index contributed by atoms with van der Waals surface area (Å²) in [7, 11) is 1.99. The van der Waals surface area contributed by atoms with Crippen LogP contribution in [0.5, 0.6) is 0 Å². The highest BCUT2D eigenvalue weighted by Crippen LogP contribution is 2.38. The standard InChI is InChI=1S/C35H44N2O7/c1-24(34(42)28-8-4-3-5-9-28)37(2)22-30-20-31(27-16-14-26(23-38)15-17-27)44-35(43-30)29-18-12-25(13-19-29)21-36-32(39)10-6-7-11-33(40)41/h3-5,8-9,12-19,24,30-31,34-35,38,42H,6-7,10-11,20-23H2,1-2H3,(H,36,39)(H,40,41)/t24-,30-,31+,34-,35+/m1/s1. The molecule has 1 fully saturated rings. The zero-order chi connectivity index (χ0) is 31.5. The van der Waals surface area contributed by atoms with E-state index in [1.165, 1.54) is 0 Å². The molecule has 44 heavy (non-hydrogen) atoms. The average Bonchev–Trinajstić information content (AvgIpc) is 3.05. The van der Waals surface area contributed by atoms with Gasteiger partial charge in [0.05, 0.1) is 24.9 Å². The van der Waals surface area contributed by atoms with E-state index in [4.69, 9.17) is 14.6 Å². The van der Waals surface area contributed by atoms with Gasteiger partial charge in [0, 0.05) is 44.0 Å². The summed E-state index contributed by atoms with van der Waals surface area (Å²) in [6.07, 6.45) is 0.360. The topological polar surface area (TPSA) is 129 Å². The second-order valence-electron chi connectivity index (χ2n) is 11.5. The van der Waals surface area contributed by atoms with E-state index in [0.717, 1.165) is 27.8 Å². The first-order valence-corrected chi connectivity index (χ1v) is 15.2. The molecule has 0 spiro atoms. The highest BCUT2D eigenvalue weighted by atomic mass is 16.7. The number of aliphatic hydroxyl groups excluding tert-OH is 2. The van der Waals surface area contributed by atoms with E-state index >= 15 is 0 Å². The van der Waals surface area contributed by atoms with Crippen molar-refractivity contribution in [2.75, 3.05) is 13.6 Å². The first-order valence-electron chi connectivity index (χ1n) is 15.2. The number of carboxylic acids is 1. The Bertz CT molecular complexity index is 1320.